The van der Waals surface area contributed by atoms with Gasteiger partial charge in [-0.25, -0.2) is 0 Å². The predicted octanol–water partition coefficient (Wildman–Crippen LogP) is -0.595. The van der Waals surface area contributed by atoms with Crippen LogP contribution in [0.25, 0.3) is 12.2 Å². The summed E-state index contributed by atoms with van der Waals surface area (Å²) in [4.78, 5) is 0. The summed E-state index contributed by atoms with van der Waals surface area (Å²) in [5, 5.41) is 3.67. The van der Waals surface area contributed by atoms with Crippen LogP contribution in [0, 0.1) is 0 Å². The van der Waals surface area contributed by atoms with Crippen molar-refractivity contribution in [3.8, 4) is 0 Å². The summed E-state index contributed by atoms with van der Waals surface area (Å²) in [7, 11) is -1.53. The Balaban J connectivity index is 0.00000131. The third-order valence-corrected chi connectivity index (χ3v) is 15.7. The normalized spacial score (nSPS) is 19.5. The van der Waals surface area contributed by atoms with Crippen molar-refractivity contribution in [2.24, 2.45) is 0 Å². The van der Waals surface area contributed by atoms with Crippen molar-refractivity contribution in [1.29, 1.82) is 0 Å². The fraction of sp³-hybridized carbons (Fsp3) is 0.273. The van der Waals surface area contributed by atoms with Crippen LogP contribution in [0.2, 0.25) is 26.2 Å². The van der Waals surface area contributed by atoms with Gasteiger partial charge in [0.05, 0.1) is 0 Å². The topological polar surface area (TPSA) is 0 Å². The zero-order valence-corrected chi connectivity index (χ0v) is 22.6. The number of hydrogen-bond donors (Lipinski definition) is 0. The second kappa shape index (κ2) is 9.54. The van der Waals surface area contributed by atoms with Crippen LogP contribution in [0.4, 0.5) is 0 Å². The Labute approximate surface area is 191 Å². The second-order valence-electron chi connectivity index (χ2n) is 7.89. The van der Waals surface area contributed by atoms with Crippen molar-refractivity contribution in [3.63, 3.8) is 0 Å². The number of rotatable bonds is 4. The Morgan fingerprint density at radius 2 is 1.00 bits per heavy atom. The third kappa shape index (κ3) is 4.38. The van der Waals surface area contributed by atoms with E-state index < -0.39 is 40.8 Å². The molecular weight excluding hydrogens is 483 g/mol. The van der Waals surface area contributed by atoms with Crippen LogP contribution in [0.1, 0.15) is 29.5 Å². The number of hydrogen-bond acceptors (Lipinski definition) is 0. The molecule has 2 atom stereocenters. The minimum Gasteiger partial charge on any atom is -1.00 e. The van der Waals surface area contributed by atoms with Gasteiger partial charge in [-0.05, 0) is 0 Å². The van der Waals surface area contributed by atoms with Gasteiger partial charge >= 0.3 is 168 Å². The standard InChI is InChI=1S/2C11H13Si.2ClH.Zr/c2*1-12(2)11-7-9-5-3-4-6-10(9)8-11;;;/h2*3-8,12H,1-2H3;2*1H;/q;;;;+2/p-2. The van der Waals surface area contributed by atoms with Gasteiger partial charge < -0.3 is 24.8 Å². The molecule has 0 radical (unpaired) electrons. The fourth-order valence-corrected chi connectivity index (χ4v) is 17.4. The van der Waals surface area contributed by atoms with Crippen LogP contribution in [0.3, 0.4) is 0 Å². The van der Waals surface area contributed by atoms with Gasteiger partial charge in [-0.1, -0.05) is 0 Å². The van der Waals surface area contributed by atoms with Crippen LogP contribution in [-0.4, -0.2) is 17.6 Å². The van der Waals surface area contributed by atoms with E-state index in [2.05, 4.69) is 86.9 Å². The molecule has 2 aliphatic carbocycles. The number of halogens is 2. The van der Waals surface area contributed by atoms with Crippen LogP contribution >= 0.6 is 0 Å². The van der Waals surface area contributed by atoms with Gasteiger partial charge in [-0.2, -0.15) is 0 Å². The average Bonchev–Trinajstić information content (AvgIpc) is 3.15. The van der Waals surface area contributed by atoms with E-state index in [-0.39, 0.29) is 24.8 Å². The van der Waals surface area contributed by atoms with Gasteiger partial charge in [-0.15, -0.1) is 0 Å². The van der Waals surface area contributed by atoms with E-state index in [1.54, 1.807) is 11.1 Å². The molecule has 0 saturated heterocycles. The molecule has 0 fully saturated rings. The van der Waals surface area contributed by atoms with E-state index in [0.717, 1.165) is 7.25 Å². The monoisotopic (exact) mass is 506 g/mol. The molecule has 27 heavy (non-hydrogen) atoms. The van der Waals surface area contributed by atoms with Crippen LogP contribution in [-0.2, 0) is 23.2 Å². The van der Waals surface area contributed by atoms with E-state index in [0.29, 0.717) is 0 Å². The molecule has 0 aromatic heterocycles. The molecule has 2 aromatic rings. The summed E-state index contributed by atoms with van der Waals surface area (Å²) in [6.45, 7) is 10.1. The van der Waals surface area contributed by atoms with Gasteiger partial charge in [0.1, 0.15) is 0 Å². The molecule has 0 amide bonds. The summed E-state index contributed by atoms with van der Waals surface area (Å²) < 4.78 is 1.61. The van der Waals surface area contributed by atoms with Crippen LogP contribution in [0.5, 0.6) is 0 Å². The van der Waals surface area contributed by atoms with E-state index in [1.807, 2.05) is 10.4 Å². The Bertz CT molecular complexity index is 803. The predicted molar refractivity (Wildman–Crippen MR) is 112 cm³/mol. The molecule has 0 aliphatic heterocycles. The van der Waals surface area contributed by atoms with E-state index in [1.165, 1.54) is 11.1 Å². The van der Waals surface area contributed by atoms with Gasteiger partial charge in [0.2, 0.25) is 0 Å². The van der Waals surface area contributed by atoms with Gasteiger partial charge in [0.15, 0.2) is 0 Å². The van der Waals surface area contributed by atoms with Gasteiger partial charge in [-0.3, -0.25) is 0 Å². The molecule has 2 unspecified atom stereocenters. The molecule has 4 rings (SSSR count). The summed E-state index contributed by atoms with van der Waals surface area (Å²) >= 11 is -0.652. The summed E-state index contributed by atoms with van der Waals surface area (Å²) in [5.74, 6) is 0. The zero-order valence-electron chi connectivity index (χ0n) is 16.3. The molecule has 0 spiro atoms. The quantitative estimate of drug-likeness (QED) is 0.485. The summed E-state index contributed by atoms with van der Waals surface area (Å²) in [6, 6.07) is 18.4. The van der Waals surface area contributed by atoms with Crippen molar-refractivity contribution in [2.75, 3.05) is 0 Å². The molecule has 0 N–H and O–H groups in total. The summed E-state index contributed by atoms with van der Waals surface area (Å²) in [6.07, 6.45) is 5.13. The number of fused-ring (bicyclic) bond motifs is 2. The first-order valence-electron chi connectivity index (χ1n) is 9.43. The Kier molecular flexibility index (Phi) is 8.16. The Morgan fingerprint density at radius 3 is 1.37 bits per heavy atom. The van der Waals surface area contributed by atoms with Crippen molar-refractivity contribution in [2.45, 2.75) is 33.4 Å². The molecule has 0 heterocycles. The largest absolute Gasteiger partial charge is 1.00 e. The Hall–Kier alpha value is -0.183. The van der Waals surface area contributed by atoms with Gasteiger partial charge in [0, 0.05) is 0 Å². The molecule has 2 aliphatic rings. The first-order valence-corrected chi connectivity index (χ1v) is 18.0. The third-order valence-electron chi connectivity index (χ3n) is 5.59. The second-order valence-corrected chi connectivity index (χ2v) is 17.5. The van der Waals surface area contributed by atoms with Crippen molar-refractivity contribution in [1.82, 2.24) is 0 Å². The van der Waals surface area contributed by atoms with Crippen LogP contribution in [0.15, 0.2) is 58.9 Å². The zero-order chi connectivity index (χ0) is 17.6. The fourth-order valence-electron chi connectivity index (χ4n) is 4.23. The molecule has 0 nitrogen and oxygen atoms in total. The molecule has 0 bridgehead atoms. The number of benzene rings is 2. The first-order chi connectivity index (χ1) is 12.1. The molecule has 140 valence electrons. The first kappa shape index (κ1) is 23.1. The molecule has 2 aromatic carbocycles. The van der Waals surface area contributed by atoms with Crippen molar-refractivity contribution >= 4 is 29.7 Å². The molecular formula is C22H26Cl2Si2Zr. The molecule has 5 heteroatoms. The molecule has 0 saturated carbocycles. The smallest absolute Gasteiger partial charge is 1.00 e. The maximum Gasteiger partial charge on any atom is -1.00 e. The van der Waals surface area contributed by atoms with E-state index >= 15 is 0 Å². The van der Waals surface area contributed by atoms with Crippen LogP contribution < -0.4 is 24.8 Å². The van der Waals surface area contributed by atoms with Crippen molar-refractivity contribution < 1.29 is 48.0 Å². The SMILES string of the molecule is C[SiH](C)C1=Cc2ccccc2[CH]1[Zr+2][CH]1C([SiH](C)C)=Cc2ccccc21.[Cl-].[Cl-]. The van der Waals surface area contributed by atoms with E-state index in [9.17, 15) is 0 Å². The maximum atomic E-state index is 2.56. The Morgan fingerprint density at radius 1 is 0.630 bits per heavy atom. The minimum absolute atomic E-state index is 0. The van der Waals surface area contributed by atoms with Crippen molar-refractivity contribution in [3.05, 3.63) is 81.2 Å². The van der Waals surface area contributed by atoms with E-state index in [4.69, 9.17) is 0 Å². The number of allylic oxidation sites excluding steroid dienone is 2. The average molecular weight is 509 g/mol. The maximum absolute atomic E-state index is 2.56. The minimum atomic E-state index is -0.764. The summed E-state index contributed by atoms with van der Waals surface area (Å²) in [5.41, 5.74) is 6.34. The van der Waals surface area contributed by atoms with Gasteiger partial charge in [0.25, 0.3) is 0 Å².